The van der Waals surface area contributed by atoms with E-state index < -0.39 is 0 Å². The van der Waals surface area contributed by atoms with Gasteiger partial charge in [0.25, 0.3) is 0 Å². The molecule has 1 aliphatic rings. The van der Waals surface area contributed by atoms with Gasteiger partial charge in [-0.2, -0.15) is 0 Å². The molecule has 1 rings (SSSR count). The summed E-state index contributed by atoms with van der Waals surface area (Å²) < 4.78 is 0. The van der Waals surface area contributed by atoms with Gasteiger partial charge < -0.3 is 0 Å². The third kappa shape index (κ3) is 5.20. The average Bonchev–Trinajstić information content (AvgIpc) is 2.31. The van der Waals surface area contributed by atoms with E-state index in [2.05, 4.69) is 17.3 Å². The van der Waals surface area contributed by atoms with Gasteiger partial charge in [-0.3, -0.25) is 11.3 Å². The minimum Gasteiger partial charge on any atom is -0.271 e. The van der Waals surface area contributed by atoms with Crippen LogP contribution in [0.1, 0.15) is 58.3 Å². The zero-order valence-corrected chi connectivity index (χ0v) is 9.89. The van der Waals surface area contributed by atoms with Gasteiger partial charge in [-0.05, 0) is 25.7 Å². The van der Waals surface area contributed by atoms with E-state index in [1.165, 1.54) is 44.9 Å². The maximum absolute atomic E-state index is 5.51. The average molecular weight is 208 g/mol. The lowest BCUT2D eigenvalue weighted by Gasteiger charge is -2.23. The van der Waals surface area contributed by atoms with Crippen molar-refractivity contribution in [1.29, 1.82) is 0 Å². The molecule has 1 unspecified atom stereocenters. The Morgan fingerprint density at radius 2 is 2.07 bits per heavy atom. The second-order valence-corrected chi connectivity index (χ2v) is 4.58. The summed E-state index contributed by atoms with van der Waals surface area (Å²) in [5, 5.41) is 0. The lowest BCUT2D eigenvalue weighted by atomic mass is 9.85. The van der Waals surface area contributed by atoms with Gasteiger partial charge in [-0.15, -0.1) is 11.8 Å². The fourth-order valence-corrected chi connectivity index (χ4v) is 2.38. The summed E-state index contributed by atoms with van der Waals surface area (Å²) >= 11 is 0. The first-order valence-electron chi connectivity index (χ1n) is 6.22. The highest BCUT2D eigenvalue weighted by Crippen LogP contribution is 2.27. The topological polar surface area (TPSA) is 38.0 Å². The number of hydrogen-bond donors (Lipinski definition) is 2. The highest BCUT2D eigenvalue weighted by molar-refractivity contribution is 4.97. The molecule has 1 atom stereocenters. The summed E-state index contributed by atoms with van der Waals surface area (Å²) in [6.45, 7) is 1.88. The van der Waals surface area contributed by atoms with E-state index in [1.54, 1.807) is 0 Å². The molecule has 0 aromatic carbocycles. The van der Waals surface area contributed by atoms with Gasteiger partial charge in [0.15, 0.2) is 0 Å². The molecule has 3 N–H and O–H groups in total. The number of nitrogens with two attached hydrogens (primary N) is 1. The van der Waals surface area contributed by atoms with Crippen LogP contribution in [0.5, 0.6) is 0 Å². The summed E-state index contributed by atoms with van der Waals surface area (Å²) in [6, 6.07) is 0.388. The van der Waals surface area contributed by atoms with E-state index in [0.29, 0.717) is 6.04 Å². The molecule has 0 aromatic heterocycles. The normalized spacial score (nSPS) is 19.3. The smallest absolute Gasteiger partial charge is 0.0320 e. The van der Waals surface area contributed by atoms with E-state index in [1.807, 2.05) is 6.92 Å². The Bertz CT molecular complexity index is 208. The quantitative estimate of drug-likeness (QED) is 0.414. The molecule has 0 saturated heterocycles. The van der Waals surface area contributed by atoms with Crippen molar-refractivity contribution in [2.45, 2.75) is 64.3 Å². The Balaban J connectivity index is 2.16. The first-order valence-corrected chi connectivity index (χ1v) is 6.22. The maximum Gasteiger partial charge on any atom is 0.0320 e. The molecule has 2 heteroatoms. The molecule has 0 aromatic rings. The Morgan fingerprint density at radius 3 is 2.67 bits per heavy atom. The molecular formula is C13H24N2. The third-order valence-electron chi connectivity index (χ3n) is 3.41. The van der Waals surface area contributed by atoms with Gasteiger partial charge in [0.05, 0.1) is 0 Å². The minimum atomic E-state index is 0.388. The first kappa shape index (κ1) is 12.5. The third-order valence-corrected chi connectivity index (χ3v) is 3.41. The van der Waals surface area contributed by atoms with Crippen molar-refractivity contribution in [2.75, 3.05) is 0 Å². The van der Waals surface area contributed by atoms with Gasteiger partial charge >= 0.3 is 0 Å². The lowest BCUT2D eigenvalue weighted by Crippen LogP contribution is -2.35. The molecule has 0 heterocycles. The summed E-state index contributed by atoms with van der Waals surface area (Å²) in [5.41, 5.74) is 2.87. The maximum atomic E-state index is 5.51. The van der Waals surface area contributed by atoms with E-state index in [4.69, 9.17) is 5.84 Å². The van der Waals surface area contributed by atoms with Crippen LogP contribution in [0.4, 0.5) is 0 Å². The Morgan fingerprint density at radius 1 is 1.33 bits per heavy atom. The SMILES string of the molecule is CC#CCC(CCC1CCCCC1)NN. The number of hydrogen-bond acceptors (Lipinski definition) is 2. The lowest BCUT2D eigenvalue weighted by molar-refractivity contribution is 0.314. The first-order chi connectivity index (χ1) is 7.36. The Labute approximate surface area is 94.0 Å². The number of nitrogens with one attached hydrogen (secondary N) is 1. The predicted molar refractivity (Wildman–Crippen MR) is 65.0 cm³/mol. The summed E-state index contributed by atoms with van der Waals surface area (Å²) in [4.78, 5) is 0. The van der Waals surface area contributed by atoms with Crippen LogP contribution in [0.25, 0.3) is 0 Å². The van der Waals surface area contributed by atoms with Crippen molar-refractivity contribution in [1.82, 2.24) is 5.43 Å². The molecular weight excluding hydrogens is 184 g/mol. The Kier molecular flexibility index (Phi) is 6.47. The van der Waals surface area contributed by atoms with Gasteiger partial charge in [-0.1, -0.05) is 32.1 Å². The second-order valence-electron chi connectivity index (χ2n) is 4.58. The summed E-state index contributed by atoms with van der Waals surface area (Å²) in [6.07, 6.45) is 10.5. The van der Waals surface area contributed by atoms with Crippen LogP contribution < -0.4 is 11.3 Å². The van der Waals surface area contributed by atoms with Crippen molar-refractivity contribution in [3.63, 3.8) is 0 Å². The summed E-state index contributed by atoms with van der Waals surface area (Å²) in [7, 11) is 0. The molecule has 15 heavy (non-hydrogen) atoms. The van der Waals surface area contributed by atoms with Crippen molar-refractivity contribution in [2.24, 2.45) is 11.8 Å². The molecule has 1 aliphatic carbocycles. The van der Waals surface area contributed by atoms with Crippen molar-refractivity contribution < 1.29 is 0 Å². The monoisotopic (exact) mass is 208 g/mol. The van der Waals surface area contributed by atoms with Crippen LogP contribution in [-0.4, -0.2) is 6.04 Å². The van der Waals surface area contributed by atoms with E-state index in [9.17, 15) is 0 Å². The molecule has 2 nitrogen and oxygen atoms in total. The van der Waals surface area contributed by atoms with Crippen molar-refractivity contribution >= 4 is 0 Å². The minimum absolute atomic E-state index is 0.388. The Hall–Kier alpha value is -0.520. The van der Waals surface area contributed by atoms with Crippen LogP contribution in [0.3, 0.4) is 0 Å². The highest BCUT2D eigenvalue weighted by atomic mass is 15.2. The van der Waals surface area contributed by atoms with Gasteiger partial charge in [0.2, 0.25) is 0 Å². The molecule has 0 radical (unpaired) electrons. The molecule has 0 spiro atoms. The molecule has 0 aliphatic heterocycles. The second kappa shape index (κ2) is 7.73. The molecule has 86 valence electrons. The molecule has 1 saturated carbocycles. The fraction of sp³-hybridized carbons (Fsp3) is 0.846. The van der Waals surface area contributed by atoms with Crippen LogP contribution in [0.2, 0.25) is 0 Å². The largest absolute Gasteiger partial charge is 0.271 e. The van der Waals surface area contributed by atoms with Crippen LogP contribution >= 0.6 is 0 Å². The number of rotatable bonds is 5. The zero-order chi connectivity index (χ0) is 10.9. The summed E-state index contributed by atoms with van der Waals surface area (Å²) in [5.74, 6) is 12.5. The van der Waals surface area contributed by atoms with Gasteiger partial charge in [-0.25, -0.2) is 0 Å². The highest BCUT2D eigenvalue weighted by Gasteiger charge is 2.15. The standard InChI is InChI=1S/C13H24N2/c1-2-3-9-13(15-14)11-10-12-7-5-4-6-8-12/h12-13,15H,4-11,14H2,1H3. The van der Waals surface area contributed by atoms with Gasteiger partial charge in [0.1, 0.15) is 0 Å². The molecule has 1 fully saturated rings. The van der Waals surface area contributed by atoms with E-state index >= 15 is 0 Å². The van der Waals surface area contributed by atoms with E-state index in [0.717, 1.165) is 12.3 Å². The molecule has 0 bridgehead atoms. The van der Waals surface area contributed by atoms with Crippen molar-refractivity contribution in [3.8, 4) is 11.8 Å². The van der Waals surface area contributed by atoms with Crippen LogP contribution in [-0.2, 0) is 0 Å². The zero-order valence-electron chi connectivity index (χ0n) is 9.89. The van der Waals surface area contributed by atoms with Crippen molar-refractivity contribution in [3.05, 3.63) is 0 Å². The van der Waals surface area contributed by atoms with Gasteiger partial charge in [0, 0.05) is 12.5 Å². The predicted octanol–water partition coefficient (Wildman–Crippen LogP) is 2.59. The number of hydrazine groups is 1. The van der Waals surface area contributed by atoms with E-state index in [-0.39, 0.29) is 0 Å². The van der Waals surface area contributed by atoms with Crippen LogP contribution in [0.15, 0.2) is 0 Å². The van der Waals surface area contributed by atoms with Crippen LogP contribution in [0, 0.1) is 17.8 Å². The molecule has 0 amide bonds. The fourth-order valence-electron chi connectivity index (χ4n) is 2.38.